The van der Waals surface area contributed by atoms with Crippen molar-refractivity contribution in [3.63, 3.8) is 0 Å². The minimum absolute atomic E-state index is 0.0263. The van der Waals surface area contributed by atoms with Gasteiger partial charge in [0.1, 0.15) is 5.69 Å². The first-order valence-corrected chi connectivity index (χ1v) is 10.9. The minimum Gasteiger partial charge on any atom is -0.348 e. The number of benzene rings is 1. The summed E-state index contributed by atoms with van der Waals surface area (Å²) in [4.78, 5) is 45.7. The topological polar surface area (TPSA) is 82.6 Å². The predicted molar refractivity (Wildman–Crippen MR) is 116 cm³/mol. The number of rotatable bonds is 5. The van der Waals surface area contributed by atoms with E-state index in [4.69, 9.17) is 0 Å². The Kier molecular flexibility index (Phi) is 6.30. The molecule has 2 atom stereocenters. The summed E-state index contributed by atoms with van der Waals surface area (Å²) >= 11 is 0. The highest BCUT2D eigenvalue weighted by atomic mass is 16.2. The number of amides is 3. The number of aromatic nitrogens is 1. The van der Waals surface area contributed by atoms with Crippen LogP contribution < -0.4 is 5.32 Å². The third-order valence-electron chi connectivity index (χ3n) is 6.30. The molecule has 4 rings (SSSR count). The van der Waals surface area contributed by atoms with E-state index in [1.807, 2.05) is 47.1 Å². The van der Waals surface area contributed by atoms with Crippen molar-refractivity contribution in [2.75, 3.05) is 19.6 Å². The smallest absolute Gasteiger partial charge is 0.270 e. The van der Waals surface area contributed by atoms with E-state index in [2.05, 4.69) is 10.3 Å². The molecule has 0 saturated carbocycles. The van der Waals surface area contributed by atoms with Crippen LogP contribution in [0, 0.1) is 5.92 Å². The van der Waals surface area contributed by atoms with E-state index in [0.29, 0.717) is 38.2 Å². The Hall–Kier alpha value is -3.22. The van der Waals surface area contributed by atoms with Crippen LogP contribution in [0.15, 0.2) is 54.7 Å². The standard InChI is InChI=1S/C24H28N4O3/c1-17(18-7-3-2-4-8-18)28-16-19(15-22(28)29)24(31)27-13-10-20(11-14-27)26-23(30)21-9-5-6-12-25-21/h2-9,12,17,19-20H,10-11,13-16H2,1H3,(H,26,30). The molecule has 31 heavy (non-hydrogen) atoms. The fraction of sp³-hybridized carbons (Fsp3) is 0.417. The van der Waals surface area contributed by atoms with E-state index in [1.54, 1.807) is 24.4 Å². The van der Waals surface area contributed by atoms with Gasteiger partial charge in [0, 0.05) is 38.3 Å². The van der Waals surface area contributed by atoms with Crippen molar-refractivity contribution in [3.8, 4) is 0 Å². The lowest BCUT2D eigenvalue weighted by Crippen LogP contribution is -2.48. The number of hydrogen-bond acceptors (Lipinski definition) is 4. The van der Waals surface area contributed by atoms with Crippen molar-refractivity contribution in [1.82, 2.24) is 20.1 Å². The molecule has 2 saturated heterocycles. The number of nitrogens with one attached hydrogen (secondary N) is 1. The maximum Gasteiger partial charge on any atom is 0.270 e. The Morgan fingerprint density at radius 2 is 1.77 bits per heavy atom. The molecule has 0 spiro atoms. The summed E-state index contributed by atoms with van der Waals surface area (Å²) in [6, 6.07) is 15.1. The van der Waals surface area contributed by atoms with Crippen LogP contribution in [-0.4, -0.2) is 58.2 Å². The molecular formula is C24H28N4O3. The number of carbonyl (C=O) groups is 3. The fourth-order valence-electron chi connectivity index (χ4n) is 4.44. The molecule has 2 fully saturated rings. The van der Waals surface area contributed by atoms with Crippen molar-refractivity contribution < 1.29 is 14.4 Å². The van der Waals surface area contributed by atoms with Gasteiger partial charge in [0.25, 0.3) is 5.91 Å². The Balaban J connectivity index is 1.29. The van der Waals surface area contributed by atoms with Crippen LogP contribution in [0.2, 0.25) is 0 Å². The van der Waals surface area contributed by atoms with Crippen molar-refractivity contribution in [3.05, 3.63) is 66.0 Å². The van der Waals surface area contributed by atoms with Gasteiger partial charge in [-0.2, -0.15) is 0 Å². The lowest BCUT2D eigenvalue weighted by molar-refractivity contribution is -0.136. The number of piperidine rings is 1. The Morgan fingerprint density at radius 3 is 2.45 bits per heavy atom. The monoisotopic (exact) mass is 420 g/mol. The molecule has 3 heterocycles. The van der Waals surface area contributed by atoms with E-state index in [1.165, 1.54) is 0 Å². The lowest BCUT2D eigenvalue weighted by Gasteiger charge is -2.34. The number of nitrogens with zero attached hydrogens (tertiary/aromatic N) is 3. The molecule has 2 aromatic rings. The molecule has 0 radical (unpaired) electrons. The summed E-state index contributed by atoms with van der Waals surface area (Å²) < 4.78 is 0. The first-order chi connectivity index (χ1) is 15.0. The molecule has 7 heteroatoms. The van der Waals surface area contributed by atoms with E-state index in [-0.39, 0.29) is 42.1 Å². The maximum atomic E-state index is 13.1. The molecule has 2 aliphatic heterocycles. The molecule has 2 unspecified atom stereocenters. The molecular weight excluding hydrogens is 392 g/mol. The molecule has 1 aromatic carbocycles. The third kappa shape index (κ3) is 4.76. The zero-order chi connectivity index (χ0) is 21.8. The van der Waals surface area contributed by atoms with Crippen LogP contribution in [0.1, 0.15) is 48.3 Å². The molecule has 2 aliphatic rings. The second kappa shape index (κ2) is 9.29. The van der Waals surface area contributed by atoms with Crippen LogP contribution in [0.5, 0.6) is 0 Å². The molecule has 162 valence electrons. The Labute approximate surface area is 182 Å². The van der Waals surface area contributed by atoms with Gasteiger partial charge >= 0.3 is 0 Å². The first-order valence-electron chi connectivity index (χ1n) is 10.9. The predicted octanol–water partition coefficient (Wildman–Crippen LogP) is 2.41. The minimum atomic E-state index is -0.293. The molecule has 3 amide bonds. The largest absolute Gasteiger partial charge is 0.348 e. The van der Waals surface area contributed by atoms with E-state index in [9.17, 15) is 14.4 Å². The van der Waals surface area contributed by atoms with Gasteiger partial charge < -0.3 is 15.1 Å². The van der Waals surface area contributed by atoms with Gasteiger partial charge in [-0.3, -0.25) is 19.4 Å². The summed E-state index contributed by atoms with van der Waals surface area (Å²) in [5, 5.41) is 3.01. The highest BCUT2D eigenvalue weighted by Gasteiger charge is 2.39. The van der Waals surface area contributed by atoms with Crippen LogP contribution in [0.25, 0.3) is 0 Å². The summed E-state index contributed by atoms with van der Waals surface area (Å²) in [5.41, 5.74) is 1.48. The normalized spacial score (nSPS) is 20.5. The van der Waals surface area contributed by atoms with Gasteiger partial charge in [-0.1, -0.05) is 36.4 Å². The van der Waals surface area contributed by atoms with Gasteiger partial charge in [0.2, 0.25) is 11.8 Å². The maximum absolute atomic E-state index is 13.1. The number of hydrogen-bond donors (Lipinski definition) is 1. The summed E-state index contributed by atoms with van der Waals surface area (Å²) in [6.07, 6.45) is 3.28. The molecule has 1 aromatic heterocycles. The van der Waals surface area contributed by atoms with Crippen molar-refractivity contribution >= 4 is 17.7 Å². The summed E-state index contributed by atoms with van der Waals surface area (Å²) in [7, 11) is 0. The van der Waals surface area contributed by atoms with Crippen molar-refractivity contribution in [2.45, 2.75) is 38.3 Å². The van der Waals surface area contributed by atoms with Gasteiger partial charge in [0.05, 0.1) is 12.0 Å². The van der Waals surface area contributed by atoms with E-state index in [0.717, 1.165) is 5.56 Å². The van der Waals surface area contributed by atoms with E-state index >= 15 is 0 Å². The van der Waals surface area contributed by atoms with Crippen LogP contribution >= 0.6 is 0 Å². The van der Waals surface area contributed by atoms with Crippen LogP contribution in [0.3, 0.4) is 0 Å². The Bertz CT molecular complexity index is 926. The van der Waals surface area contributed by atoms with Gasteiger partial charge in [-0.25, -0.2) is 0 Å². The van der Waals surface area contributed by atoms with Crippen LogP contribution in [0.4, 0.5) is 0 Å². The lowest BCUT2D eigenvalue weighted by atomic mass is 10.0. The second-order valence-corrected chi connectivity index (χ2v) is 8.32. The quantitative estimate of drug-likeness (QED) is 0.805. The average Bonchev–Trinajstić information content (AvgIpc) is 3.21. The molecule has 0 bridgehead atoms. The van der Waals surface area contributed by atoms with Crippen molar-refractivity contribution in [2.24, 2.45) is 5.92 Å². The van der Waals surface area contributed by atoms with Gasteiger partial charge in [0.15, 0.2) is 0 Å². The zero-order valence-corrected chi connectivity index (χ0v) is 17.7. The SMILES string of the molecule is CC(c1ccccc1)N1CC(C(=O)N2CCC(NC(=O)c3ccccn3)CC2)CC1=O. The van der Waals surface area contributed by atoms with E-state index < -0.39 is 0 Å². The molecule has 0 aliphatic carbocycles. The molecule has 7 nitrogen and oxygen atoms in total. The highest BCUT2D eigenvalue weighted by Crippen LogP contribution is 2.30. The Morgan fingerprint density at radius 1 is 1.06 bits per heavy atom. The summed E-state index contributed by atoms with van der Waals surface area (Å²) in [6.45, 7) is 3.65. The van der Waals surface area contributed by atoms with Crippen LogP contribution in [-0.2, 0) is 9.59 Å². The van der Waals surface area contributed by atoms with Crippen molar-refractivity contribution in [1.29, 1.82) is 0 Å². The van der Waals surface area contributed by atoms with Gasteiger partial charge in [-0.15, -0.1) is 0 Å². The average molecular weight is 421 g/mol. The first kappa shape index (κ1) is 21.0. The number of carbonyl (C=O) groups excluding carboxylic acids is 3. The third-order valence-corrected chi connectivity index (χ3v) is 6.30. The summed E-state index contributed by atoms with van der Waals surface area (Å²) in [5.74, 6) is -0.395. The number of likely N-dealkylation sites (tertiary alicyclic amines) is 2. The second-order valence-electron chi connectivity index (χ2n) is 8.32. The zero-order valence-electron chi connectivity index (χ0n) is 17.7. The fourth-order valence-corrected chi connectivity index (χ4v) is 4.44. The highest BCUT2D eigenvalue weighted by molar-refractivity contribution is 5.92. The number of pyridine rings is 1. The molecule has 1 N–H and O–H groups in total. The van der Waals surface area contributed by atoms with Gasteiger partial charge in [-0.05, 0) is 37.5 Å².